The van der Waals surface area contributed by atoms with Gasteiger partial charge in [-0.3, -0.25) is 4.79 Å². The predicted molar refractivity (Wildman–Crippen MR) is 155 cm³/mol. The van der Waals surface area contributed by atoms with Crippen LogP contribution in [0, 0.1) is 0 Å². The van der Waals surface area contributed by atoms with E-state index in [1.54, 1.807) is 31.5 Å². The Hall–Kier alpha value is -4.23. The van der Waals surface area contributed by atoms with Crippen molar-refractivity contribution in [2.75, 3.05) is 36.6 Å². The topological polar surface area (TPSA) is 138 Å². The van der Waals surface area contributed by atoms with Crippen molar-refractivity contribution >= 4 is 51.4 Å². The number of rotatable bonds is 12. The van der Waals surface area contributed by atoms with Crippen molar-refractivity contribution in [3.63, 3.8) is 0 Å². The smallest absolute Gasteiger partial charge is 0.264 e. The lowest BCUT2D eigenvalue weighted by atomic mass is 10.2. The number of nitrogen functional groups attached to an aromatic ring is 1. The molecule has 4 aromatic rings. The third-order valence-electron chi connectivity index (χ3n) is 5.23. The lowest BCUT2D eigenvalue weighted by molar-refractivity contribution is -0.113. The quantitative estimate of drug-likeness (QED) is 0.0912. The molecule has 1 amide bonds. The molecule has 0 saturated carbocycles. The summed E-state index contributed by atoms with van der Waals surface area (Å²) >= 11 is 4.60. The number of hydrogen-bond acceptors (Lipinski definition) is 10. The van der Waals surface area contributed by atoms with Crippen molar-refractivity contribution < 1.29 is 19.0 Å². The van der Waals surface area contributed by atoms with E-state index in [2.05, 4.69) is 42.0 Å². The Balaban J connectivity index is 1.31. The average molecular weight is 613 g/mol. The second kappa shape index (κ2) is 13.5. The van der Waals surface area contributed by atoms with Crippen LogP contribution >= 0.6 is 27.7 Å². The fourth-order valence-corrected chi connectivity index (χ4v) is 4.46. The molecule has 0 radical (unpaired) electrons. The van der Waals surface area contributed by atoms with Crippen molar-refractivity contribution in [1.82, 2.24) is 14.9 Å². The number of carbonyl (C=O) groups is 1. The number of halogens is 1. The summed E-state index contributed by atoms with van der Waals surface area (Å²) < 4.78 is 18.7. The number of hydrogen-bond donors (Lipinski definition) is 3. The number of amides is 1. The predicted octanol–water partition coefficient (Wildman–Crippen LogP) is 4.53. The first-order valence-electron chi connectivity index (χ1n) is 11.6. The number of hydrazone groups is 1. The lowest BCUT2D eigenvalue weighted by Gasteiger charge is -2.10. The zero-order chi connectivity index (χ0) is 27.6. The molecule has 0 aliphatic carbocycles. The molecule has 4 N–H and O–H groups in total. The molecule has 0 aliphatic rings. The van der Waals surface area contributed by atoms with Crippen LogP contribution in [0.15, 0.2) is 81.5 Å². The average Bonchev–Trinajstić information content (AvgIpc) is 3.30. The number of nitrogens with two attached hydrogens (primary N) is 1. The fraction of sp³-hybridized carbons (Fsp3) is 0.154. The minimum atomic E-state index is -0.248. The summed E-state index contributed by atoms with van der Waals surface area (Å²) in [6.07, 6.45) is 1.61. The molecular weight excluding hydrogens is 586 g/mol. The van der Waals surface area contributed by atoms with Gasteiger partial charge in [0, 0.05) is 21.8 Å². The van der Waals surface area contributed by atoms with Gasteiger partial charge in [-0.2, -0.15) is 5.10 Å². The standard InChI is InChI=1S/C26H26BrN7O4S/c1-36-22-11-10-20(13-23(22)37-2)30-24(35)16-39-26-33-32-25(34(26)28)31-29-14-18-7-3-4-9-21(18)38-15-17-6-5-8-19(27)12-17/h3-14H,15-16,28H2,1-2H3,(H,30,35)(H,31,32)/b29-14+. The van der Waals surface area contributed by atoms with Gasteiger partial charge in [-0.05, 0) is 42.0 Å². The fourth-order valence-electron chi connectivity index (χ4n) is 3.36. The molecule has 0 saturated heterocycles. The van der Waals surface area contributed by atoms with Crippen LogP contribution in [0.3, 0.4) is 0 Å². The maximum absolute atomic E-state index is 12.4. The number of benzene rings is 3. The molecule has 0 bridgehead atoms. The highest BCUT2D eigenvalue weighted by atomic mass is 79.9. The van der Waals surface area contributed by atoms with Gasteiger partial charge in [-0.25, -0.2) is 10.1 Å². The van der Waals surface area contributed by atoms with E-state index in [1.807, 2.05) is 48.5 Å². The molecule has 0 fully saturated rings. The van der Waals surface area contributed by atoms with Crippen LogP contribution in [0.2, 0.25) is 0 Å². The monoisotopic (exact) mass is 611 g/mol. The van der Waals surface area contributed by atoms with E-state index in [0.717, 1.165) is 27.4 Å². The summed E-state index contributed by atoms with van der Waals surface area (Å²) in [4.78, 5) is 12.4. The Morgan fingerprint density at radius 1 is 1.05 bits per heavy atom. The van der Waals surface area contributed by atoms with E-state index < -0.39 is 0 Å². The number of para-hydroxylation sites is 1. The Kier molecular flexibility index (Phi) is 9.64. The van der Waals surface area contributed by atoms with Gasteiger partial charge in [0.2, 0.25) is 11.1 Å². The highest BCUT2D eigenvalue weighted by Gasteiger charge is 2.13. The number of anilines is 2. The van der Waals surface area contributed by atoms with Gasteiger partial charge in [-0.1, -0.05) is 52.0 Å². The van der Waals surface area contributed by atoms with E-state index in [4.69, 9.17) is 20.1 Å². The van der Waals surface area contributed by atoms with Crippen molar-refractivity contribution in [3.05, 3.63) is 82.3 Å². The first-order valence-corrected chi connectivity index (χ1v) is 13.3. The zero-order valence-corrected chi connectivity index (χ0v) is 23.5. The van der Waals surface area contributed by atoms with Crippen LogP contribution < -0.4 is 30.8 Å². The molecule has 0 aliphatic heterocycles. The second-order valence-electron chi connectivity index (χ2n) is 7.91. The second-order valence-corrected chi connectivity index (χ2v) is 9.77. The Morgan fingerprint density at radius 2 is 1.87 bits per heavy atom. The molecule has 202 valence electrons. The Labute approximate surface area is 237 Å². The van der Waals surface area contributed by atoms with Gasteiger partial charge in [0.1, 0.15) is 12.4 Å². The first-order chi connectivity index (χ1) is 19.0. The normalized spacial score (nSPS) is 10.8. The van der Waals surface area contributed by atoms with Crippen LogP contribution in [0.5, 0.6) is 17.2 Å². The number of nitrogens with one attached hydrogen (secondary N) is 2. The van der Waals surface area contributed by atoms with Gasteiger partial charge >= 0.3 is 0 Å². The van der Waals surface area contributed by atoms with Crippen LogP contribution in [-0.4, -0.2) is 47.0 Å². The van der Waals surface area contributed by atoms with Crippen LogP contribution in [-0.2, 0) is 11.4 Å². The minimum Gasteiger partial charge on any atom is -0.493 e. The molecular formula is C26H26BrN7O4S. The number of carbonyl (C=O) groups excluding carboxylic acids is 1. The number of nitrogens with zero attached hydrogens (tertiary/aromatic N) is 4. The van der Waals surface area contributed by atoms with Gasteiger partial charge < -0.3 is 25.4 Å². The summed E-state index contributed by atoms with van der Waals surface area (Å²) in [6, 6.07) is 20.6. The number of ether oxygens (including phenoxy) is 3. The number of thioether (sulfide) groups is 1. The maximum Gasteiger partial charge on any atom is 0.264 e. The third kappa shape index (κ3) is 7.65. The third-order valence-corrected chi connectivity index (χ3v) is 6.67. The summed E-state index contributed by atoms with van der Waals surface area (Å²) in [6.45, 7) is 0.412. The van der Waals surface area contributed by atoms with Crippen molar-refractivity contribution in [3.8, 4) is 17.2 Å². The molecule has 0 spiro atoms. The van der Waals surface area contributed by atoms with Crippen LogP contribution in [0.25, 0.3) is 0 Å². The number of aromatic nitrogens is 3. The summed E-state index contributed by atoms with van der Waals surface area (Å²) in [5, 5.41) is 15.4. The molecule has 13 heteroatoms. The van der Waals surface area contributed by atoms with Crippen LogP contribution in [0.1, 0.15) is 11.1 Å². The maximum atomic E-state index is 12.4. The molecule has 3 aromatic carbocycles. The lowest BCUT2D eigenvalue weighted by Crippen LogP contribution is -2.17. The van der Waals surface area contributed by atoms with Crippen LogP contribution in [0.4, 0.5) is 11.6 Å². The van der Waals surface area contributed by atoms with Gasteiger partial charge in [-0.15, -0.1) is 10.2 Å². The van der Waals surface area contributed by atoms with Crippen molar-refractivity contribution in [2.24, 2.45) is 5.10 Å². The molecule has 39 heavy (non-hydrogen) atoms. The molecule has 1 aromatic heterocycles. The Bertz CT molecular complexity index is 1460. The number of methoxy groups -OCH3 is 2. The minimum absolute atomic E-state index is 0.0651. The van der Waals surface area contributed by atoms with Crippen molar-refractivity contribution in [2.45, 2.75) is 11.8 Å². The molecule has 11 nitrogen and oxygen atoms in total. The van der Waals surface area contributed by atoms with E-state index in [1.165, 1.54) is 11.8 Å². The molecule has 0 atom stereocenters. The van der Waals surface area contributed by atoms with E-state index >= 15 is 0 Å². The van der Waals surface area contributed by atoms with Gasteiger partial charge in [0.25, 0.3) is 5.95 Å². The zero-order valence-electron chi connectivity index (χ0n) is 21.1. The van der Waals surface area contributed by atoms with E-state index in [9.17, 15) is 4.79 Å². The van der Waals surface area contributed by atoms with Gasteiger partial charge in [0.05, 0.1) is 26.2 Å². The molecule has 0 unspecified atom stereocenters. The summed E-state index contributed by atoms with van der Waals surface area (Å²) in [5.41, 5.74) is 5.15. The van der Waals surface area contributed by atoms with Crippen molar-refractivity contribution in [1.29, 1.82) is 0 Å². The Morgan fingerprint density at radius 3 is 2.67 bits per heavy atom. The SMILES string of the molecule is COc1ccc(NC(=O)CSc2nnc(N/N=C/c3ccccc3OCc3cccc(Br)c3)n2N)cc1OC. The first kappa shape index (κ1) is 27.8. The molecule has 1 heterocycles. The summed E-state index contributed by atoms with van der Waals surface area (Å²) in [7, 11) is 3.07. The van der Waals surface area contributed by atoms with E-state index in [0.29, 0.717) is 34.7 Å². The highest BCUT2D eigenvalue weighted by molar-refractivity contribution is 9.10. The molecule has 4 rings (SSSR count). The highest BCUT2D eigenvalue weighted by Crippen LogP contribution is 2.30. The van der Waals surface area contributed by atoms with E-state index in [-0.39, 0.29) is 17.6 Å². The largest absolute Gasteiger partial charge is 0.493 e. The summed E-state index contributed by atoms with van der Waals surface area (Å²) in [5.74, 6) is 7.87. The van der Waals surface area contributed by atoms with Gasteiger partial charge in [0.15, 0.2) is 11.5 Å².